The van der Waals surface area contributed by atoms with Gasteiger partial charge >= 0.3 is 5.97 Å². The van der Waals surface area contributed by atoms with E-state index < -0.39 is 11.3 Å². The molecule has 1 aliphatic heterocycles. The first kappa shape index (κ1) is 16.1. The van der Waals surface area contributed by atoms with E-state index in [4.69, 9.17) is 5.11 Å². The van der Waals surface area contributed by atoms with Crippen LogP contribution in [0.1, 0.15) is 15.9 Å². The number of para-hydroxylation sites is 1. The molecule has 1 atom stereocenters. The molecule has 0 bridgehead atoms. The summed E-state index contributed by atoms with van der Waals surface area (Å²) in [7, 11) is 0. The number of hydrogen-bond donors (Lipinski definition) is 2. The van der Waals surface area contributed by atoms with Gasteiger partial charge in [-0.2, -0.15) is 0 Å². The Bertz CT molecular complexity index is 820. The predicted molar refractivity (Wildman–Crippen MR) is 92.5 cm³/mol. The van der Waals surface area contributed by atoms with Gasteiger partial charge in [0.2, 0.25) is 0 Å². The van der Waals surface area contributed by atoms with Crippen molar-refractivity contribution >= 4 is 40.3 Å². The normalized spacial score (nSPS) is 17.2. The second kappa shape index (κ2) is 6.37. The SMILES string of the molecule is Cc1ccccc1N1C(=O)SC(Nc2ccc(C(=O)O)cc2)C1=O. The quantitative estimate of drug-likeness (QED) is 0.886. The molecule has 2 aromatic rings. The van der Waals surface area contributed by atoms with E-state index in [1.807, 2.05) is 19.1 Å². The number of rotatable bonds is 4. The fourth-order valence-corrected chi connectivity index (χ4v) is 3.29. The molecule has 1 saturated heterocycles. The minimum atomic E-state index is -1.02. The van der Waals surface area contributed by atoms with Crippen molar-refractivity contribution in [2.24, 2.45) is 0 Å². The van der Waals surface area contributed by atoms with Crippen LogP contribution in [0.4, 0.5) is 16.2 Å². The van der Waals surface area contributed by atoms with E-state index in [2.05, 4.69) is 5.32 Å². The third kappa shape index (κ3) is 2.98. The number of carboxylic acid groups (broad SMARTS) is 1. The Morgan fingerprint density at radius 1 is 1.12 bits per heavy atom. The van der Waals surface area contributed by atoms with Crippen LogP contribution < -0.4 is 10.2 Å². The highest BCUT2D eigenvalue weighted by molar-refractivity contribution is 8.16. The summed E-state index contributed by atoms with van der Waals surface area (Å²) < 4.78 is 0. The van der Waals surface area contributed by atoms with Crippen LogP contribution in [0.5, 0.6) is 0 Å². The molecule has 2 N–H and O–H groups in total. The number of aromatic carboxylic acids is 1. The molecule has 1 fully saturated rings. The van der Waals surface area contributed by atoms with Crippen molar-refractivity contribution in [3.8, 4) is 0 Å². The maximum Gasteiger partial charge on any atom is 0.335 e. The molecule has 2 aromatic carbocycles. The van der Waals surface area contributed by atoms with Crippen molar-refractivity contribution in [1.29, 1.82) is 0 Å². The van der Waals surface area contributed by atoms with Gasteiger partial charge in [0.25, 0.3) is 11.1 Å². The van der Waals surface area contributed by atoms with Crippen molar-refractivity contribution in [3.63, 3.8) is 0 Å². The van der Waals surface area contributed by atoms with E-state index in [9.17, 15) is 14.4 Å². The molecule has 3 rings (SSSR count). The van der Waals surface area contributed by atoms with Crippen molar-refractivity contribution in [3.05, 3.63) is 59.7 Å². The van der Waals surface area contributed by atoms with Gasteiger partial charge in [-0.05, 0) is 54.6 Å². The lowest BCUT2D eigenvalue weighted by molar-refractivity contribution is -0.116. The van der Waals surface area contributed by atoms with Crippen LogP contribution in [-0.4, -0.2) is 27.6 Å². The fraction of sp³-hybridized carbons (Fsp3) is 0.118. The predicted octanol–water partition coefficient (Wildman–Crippen LogP) is 3.33. The number of thioether (sulfide) groups is 1. The molecule has 0 saturated carbocycles. The molecule has 1 aliphatic rings. The molecule has 122 valence electrons. The Morgan fingerprint density at radius 2 is 1.79 bits per heavy atom. The summed E-state index contributed by atoms with van der Waals surface area (Å²) in [5.74, 6) is -1.37. The first-order chi connectivity index (χ1) is 11.5. The molecule has 0 radical (unpaired) electrons. The summed E-state index contributed by atoms with van der Waals surface area (Å²) in [5, 5.41) is 10.8. The highest BCUT2D eigenvalue weighted by Crippen LogP contribution is 2.33. The van der Waals surface area contributed by atoms with Crippen LogP contribution in [-0.2, 0) is 4.79 Å². The fourth-order valence-electron chi connectivity index (χ4n) is 2.39. The average molecular weight is 342 g/mol. The lowest BCUT2D eigenvalue weighted by Gasteiger charge is -2.16. The number of carbonyl (C=O) groups is 3. The number of aryl methyl sites for hydroxylation is 1. The van der Waals surface area contributed by atoms with Crippen LogP contribution in [0.2, 0.25) is 0 Å². The van der Waals surface area contributed by atoms with Gasteiger partial charge in [0.15, 0.2) is 5.37 Å². The molecule has 0 spiro atoms. The van der Waals surface area contributed by atoms with Crippen LogP contribution in [0.3, 0.4) is 0 Å². The molecular formula is C17H14N2O4S. The van der Waals surface area contributed by atoms with Crippen LogP contribution in [0, 0.1) is 6.92 Å². The first-order valence-electron chi connectivity index (χ1n) is 7.17. The second-order valence-electron chi connectivity index (χ2n) is 5.25. The monoisotopic (exact) mass is 342 g/mol. The molecule has 24 heavy (non-hydrogen) atoms. The van der Waals surface area contributed by atoms with E-state index >= 15 is 0 Å². The topological polar surface area (TPSA) is 86.7 Å². The summed E-state index contributed by atoms with van der Waals surface area (Å²) in [4.78, 5) is 36.8. The highest BCUT2D eigenvalue weighted by atomic mass is 32.2. The number of carbonyl (C=O) groups excluding carboxylic acids is 2. The highest BCUT2D eigenvalue weighted by Gasteiger charge is 2.41. The van der Waals surface area contributed by atoms with E-state index in [0.29, 0.717) is 11.4 Å². The minimum absolute atomic E-state index is 0.156. The number of hydrogen-bond acceptors (Lipinski definition) is 5. The zero-order chi connectivity index (χ0) is 17.3. The Labute approximate surface area is 142 Å². The van der Waals surface area contributed by atoms with Crippen molar-refractivity contribution in [2.75, 3.05) is 10.2 Å². The number of imide groups is 1. The maximum atomic E-state index is 12.6. The van der Waals surface area contributed by atoms with E-state index in [0.717, 1.165) is 17.3 Å². The smallest absolute Gasteiger partial charge is 0.335 e. The van der Waals surface area contributed by atoms with Crippen molar-refractivity contribution in [1.82, 2.24) is 0 Å². The van der Waals surface area contributed by atoms with Gasteiger partial charge in [-0.1, -0.05) is 18.2 Å². The van der Waals surface area contributed by atoms with Crippen LogP contribution in [0.15, 0.2) is 48.5 Å². The zero-order valence-electron chi connectivity index (χ0n) is 12.7. The van der Waals surface area contributed by atoms with Crippen LogP contribution in [0.25, 0.3) is 0 Å². The lowest BCUT2D eigenvalue weighted by atomic mass is 10.2. The molecule has 1 unspecified atom stereocenters. The molecule has 6 nitrogen and oxygen atoms in total. The standard InChI is InChI=1S/C17H14N2O4S/c1-10-4-2-3-5-13(10)19-15(20)14(24-17(19)23)18-12-8-6-11(7-9-12)16(21)22/h2-9,14,18H,1H3,(H,21,22). The van der Waals surface area contributed by atoms with E-state index in [-0.39, 0.29) is 16.7 Å². The summed E-state index contributed by atoms with van der Waals surface area (Å²) in [6.07, 6.45) is 0. The number of carboxylic acids is 1. The molecular weight excluding hydrogens is 328 g/mol. The number of nitrogens with one attached hydrogen (secondary N) is 1. The number of nitrogens with zero attached hydrogens (tertiary/aromatic N) is 1. The summed E-state index contributed by atoms with van der Waals surface area (Å²) in [5.41, 5.74) is 2.14. The summed E-state index contributed by atoms with van der Waals surface area (Å²) >= 11 is 0.901. The van der Waals surface area contributed by atoms with Gasteiger partial charge < -0.3 is 10.4 Å². The third-order valence-corrected chi connectivity index (χ3v) is 4.57. The Kier molecular flexibility index (Phi) is 4.26. The average Bonchev–Trinajstić information content (AvgIpc) is 2.83. The maximum absolute atomic E-state index is 12.6. The minimum Gasteiger partial charge on any atom is -0.478 e. The molecule has 0 aromatic heterocycles. The molecule has 0 aliphatic carbocycles. The number of amides is 2. The van der Waals surface area contributed by atoms with Gasteiger partial charge in [-0.25, -0.2) is 9.69 Å². The molecule has 1 heterocycles. The number of anilines is 2. The molecule has 2 amide bonds. The van der Waals surface area contributed by atoms with Crippen molar-refractivity contribution < 1.29 is 19.5 Å². The Morgan fingerprint density at radius 3 is 2.42 bits per heavy atom. The zero-order valence-corrected chi connectivity index (χ0v) is 13.5. The van der Waals surface area contributed by atoms with E-state index in [1.165, 1.54) is 17.0 Å². The summed E-state index contributed by atoms with van der Waals surface area (Å²) in [6.45, 7) is 1.84. The van der Waals surface area contributed by atoms with Crippen molar-refractivity contribution in [2.45, 2.75) is 12.3 Å². The lowest BCUT2D eigenvalue weighted by Crippen LogP contribution is -2.34. The van der Waals surface area contributed by atoms with E-state index in [1.54, 1.807) is 24.3 Å². The Hall–Kier alpha value is -2.80. The Balaban J connectivity index is 1.79. The van der Waals surface area contributed by atoms with Gasteiger partial charge in [0.1, 0.15) is 0 Å². The second-order valence-corrected chi connectivity index (χ2v) is 6.31. The van der Waals surface area contributed by atoms with Gasteiger partial charge in [-0.15, -0.1) is 0 Å². The van der Waals surface area contributed by atoms with Crippen LogP contribution >= 0.6 is 11.8 Å². The van der Waals surface area contributed by atoms with Gasteiger partial charge in [0, 0.05) is 5.69 Å². The number of benzene rings is 2. The third-order valence-electron chi connectivity index (χ3n) is 3.63. The molecule has 7 heteroatoms. The first-order valence-corrected chi connectivity index (χ1v) is 8.05. The van der Waals surface area contributed by atoms with Gasteiger partial charge in [-0.3, -0.25) is 9.59 Å². The largest absolute Gasteiger partial charge is 0.478 e. The summed E-state index contributed by atoms with van der Waals surface area (Å²) in [6, 6.07) is 13.2. The van der Waals surface area contributed by atoms with Gasteiger partial charge in [0.05, 0.1) is 11.3 Å².